The third-order valence-electron chi connectivity index (χ3n) is 1.66. The summed E-state index contributed by atoms with van der Waals surface area (Å²) in [6.45, 7) is 8.78. The lowest BCUT2D eigenvalue weighted by Crippen LogP contribution is -2.45. The van der Waals surface area contributed by atoms with Gasteiger partial charge >= 0.3 is 0 Å². The van der Waals surface area contributed by atoms with Crippen LogP contribution in [0.3, 0.4) is 0 Å². The molecule has 0 unspecified atom stereocenters. The van der Waals surface area contributed by atoms with Gasteiger partial charge in [0, 0.05) is 25.8 Å². The highest BCUT2D eigenvalue weighted by Gasteiger charge is 2.09. The van der Waals surface area contributed by atoms with Gasteiger partial charge in [0.1, 0.15) is 0 Å². The summed E-state index contributed by atoms with van der Waals surface area (Å²) >= 11 is 0. The van der Waals surface area contributed by atoms with Crippen LogP contribution in [0.2, 0.25) is 0 Å². The number of nitrogens with one attached hydrogen (secondary N) is 1. The zero-order valence-corrected chi connectivity index (χ0v) is 10.9. The van der Waals surface area contributed by atoms with E-state index in [9.17, 15) is 0 Å². The van der Waals surface area contributed by atoms with Crippen molar-refractivity contribution in [2.45, 2.75) is 32.7 Å². The first-order chi connectivity index (χ1) is 7.45. The number of methoxy groups -OCH3 is 1. The van der Waals surface area contributed by atoms with Crippen molar-refractivity contribution in [1.82, 2.24) is 5.32 Å². The lowest BCUT2D eigenvalue weighted by atomic mass is 10.1. The second-order valence-electron chi connectivity index (χ2n) is 4.60. The van der Waals surface area contributed by atoms with Crippen LogP contribution in [0.5, 0.6) is 0 Å². The highest BCUT2D eigenvalue weighted by atomic mass is 16.5. The molecule has 0 bridgehead atoms. The molecule has 0 aliphatic carbocycles. The molecule has 0 radical (unpaired) electrons. The maximum atomic E-state index is 5.70. The van der Waals surface area contributed by atoms with Crippen LogP contribution < -0.4 is 11.1 Å². The molecular formula is C11H25N3O2. The SMILES string of the molecule is COCCOCCCN=C(N)NC(C)(C)C. The molecule has 5 nitrogen and oxygen atoms in total. The monoisotopic (exact) mass is 231 g/mol. The largest absolute Gasteiger partial charge is 0.382 e. The molecule has 0 aliphatic heterocycles. The van der Waals surface area contributed by atoms with E-state index in [4.69, 9.17) is 15.2 Å². The molecule has 0 aromatic heterocycles. The summed E-state index contributed by atoms with van der Waals surface area (Å²) in [4.78, 5) is 4.20. The number of nitrogens with zero attached hydrogens (tertiary/aromatic N) is 1. The minimum absolute atomic E-state index is 0.0391. The molecule has 96 valence electrons. The van der Waals surface area contributed by atoms with Crippen LogP contribution in [0, 0.1) is 0 Å². The van der Waals surface area contributed by atoms with Crippen LogP contribution >= 0.6 is 0 Å². The van der Waals surface area contributed by atoms with Crippen molar-refractivity contribution in [3.05, 3.63) is 0 Å². The number of guanidine groups is 1. The predicted octanol–water partition coefficient (Wildman–Crippen LogP) is 0.742. The summed E-state index contributed by atoms with van der Waals surface area (Å²) in [6.07, 6.45) is 0.871. The molecule has 0 aromatic rings. The Balaban J connectivity index is 3.45. The van der Waals surface area contributed by atoms with Gasteiger partial charge < -0.3 is 20.5 Å². The molecule has 0 saturated carbocycles. The van der Waals surface area contributed by atoms with E-state index in [-0.39, 0.29) is 5.54 Å². The molecule has 0 rings (SSSR count). The molecule has 3 N–H and O–H groups in total. The number of hydrogen-bond acceptors (Lipinski definition) is 3. The number of nitrogens with two attached hydrogens (primary N) is 1. The van der Waals surface area contributed by atoms with Crippen molar-refractivity contribution in [2.24, 2.45) is 10.7 Å². The van der Waals surface area contributed by atoms with Crippen molar-refractivity contribution in [3.63, 3.8) is 0 Å². The molecule has 0 spiro atoms. The van der Waals surface area contributed by atoms with Crippen molar-refractivity contribution in [1.29, 1.82) is 0 Å². The quantitative estimate of drug-likeness (QED) is 0.385. The Hall–Kier alpha value is -0.810. The highest BCUT2D eigenvalue weighted by molar-refractivity contribution is 5.78. The van der Waals surface area contributed by atoms with Gasteiger partial charge in [-0.1, -0.05) is 0 Å². The molecule has 0 aliphatic rings. The molecule has 0 heterocycles. The van der Waals surface area contributed by atoms with Crippen LogP contribution in [0.1, 0.15) is 27.2 Å². The normalized spacial score (nSPS) is 12.9. The Morgan fingerprint density at radius 2 is 1.94 bits per heavy atom. The summed E-state index contributed by atoms with van der Waals surface area (Å²) in [7, 11) is 1.66. The van der Waals surface area contributed by atoms with E-state index in [1.165, 1.54) is 0 Å². The van der Waals surface area contributed by atoms with Crippen LogP contribution in [-0.4, -0.2) is 45.0 Å². The van der Waals surface area contributed by atoms with Crippen molar-refractivity contribution in [3.8, 4) is 0 Å². The van der Waals surface area contributed by atoms with Gasteiger partial charge in [0.05, 0.1) is 13.2 Å². The average molecular weight is 231 g/mol. The lowest BCUT2D eigenvalue weighted by molar-refractivity contribution is 0.0702. The van der Waals surface area contributed by atoms with Crippen LogP contribution in [0.15, 0.2) is 4.99 Å². The van der Waals surface area contributed by atoms with Gasteiger partial charge in [-0.05, 0) is 27.2 Å². The maximum Gasteiger partial charge on any atom is 0.188 e. The number of rotatable bonds is 7. The Bertz CT molecular complexity index is 200. The van der Waals surface area contributed by atoms with Crippen molar-refractivity contribution >= 4 is 5.96 Å². The molecule has 0 atom stereocenters. The van der Waals surface area contributed by atoms with Crippen molar-refractivity contribution in [2.75, 3.05) is 33.5 Å². The topological polar surface area (TPSA) is 68.9 Å². The summed E-state index contributed by atoms with van der Waals surface area (Å²) in [5.41, 5.74) is 5.66. The second-order valence-corrected chi connectivity index (χ2v) is 4.60. The summed E-state index contributed by atoms with van der Waals surface area (Å²) in [6, 6.07) is 0. The van der Waals surface area contributed by atoms with Crippen LogP contribution in [-0.2, 0) is 9.47 Å². The Morgan fingerprint density at radius 1 is 1.25 bits per heavy atom. The first kappa shape index (κ1) is 15.2. The third kappa shape index (κ3) is 11.3. The zero-order valence-electron chi connectivity index (χ0n) is 10.9. The van der Waals surface area contributed by atoms with Gasteiger partial charge in [-0.15, -0.1) is 0 Å². The number of ether oxygens (including phenoxy) is 2. The van der Waals surface area contributed by atoms with E-state index in [1.54, 1.807) is 7.11 Å². The van der Waals surface area contributed by atoms with E-state index in [0.717, 1.165) is 6.42 Å². The minimum atomic E-state index is -0.0391. The van der Waals surface area contributed by atoms with Crippen LogP contribution in [0.25, 0.3) is 0 Å². The van der Waals surface area contributed by atoms with Gasteiger partial charge in [0.25, 0.3) is 0 Å². The average Bonchev–Trinajstić information content (AvgIpc) is 2.13. The molecule has 0 fully saturated rings. The van der Waals surface area contributed by atoms with E-state index in [0.29, 0.717) is 32.3 Å². The predicted molar refractivity (Wildman–Crippen MR) is 66.7 cm³/mol. The van der Waals surface area contributed by atoms with E-state index >= 15 is 0 Å². The van der Waals surface area contributed by atoms with Gasteiger partial charge in [-0.3, -0.25) is 4.99 Å². The first-order valence-corrected chi connectivity index (χ1v) is 5.60. The molecule has 0 amide bonds. The van der Waals surface area contributed by atoms with Gasteiger partial charge in [-0.25, -0.2) is 0 Å². The first-order valence-electron chi connectivity index (χ1n) is 5.60. The van der Waals surface area contributed by atoms with Crippen LogP contribution in [0.4, 0.5) is 0 Å². The summed E-state index contributed by atoms with van der Waals surface area (Å²) in [5, 5.41) is 3.10. The smallest absolute Gasteiger partial charge is 0.188 e. The fourth-order valence-electron chi connectivity index (χ4n) is 1.03. The summed E-state index contributed by atoms with van der Waals surface area (Å²) < 4.78 is 10.2. The zero-order chi connectivity index (χ0) is 12.4. The molecule has 5 heteroatoms. The molecular weight excluding hydrogens is 206 g/mol. The van der Waals surface area contributed by atoms with E-state index in [2.05, 4.69) is 10.3 Å². The minimum Gasteiger partial charge on any atom is -0.382 e. The number of hydrogen-bond donors (Lipinski definition) is 2. The maximum absolute atomic E-state index is 5.70. The standard InChI is InChI=1S/C11H25N3O2/c1-11(2,3)14-10(12)13-6-5-7-16-9-8-15-4/h5-9H2,1-4H3,(H3,12,13,14). The number of aliphatic imine (C=N–C) groups is 1. The fraction of sp³-hybridized carbons (Fsp3) is 0.909. The van der Waals surface area contributed by atoms with Gasteiger partial charge in [0.15, 0.2) is 5.96 Å². The van der Waals surface area contributed by atoms with E-state index in [1.807, 2.05) is 20.8 Å². The summed E-state index contributed by atoms with van der Waals surface area (Å²) in [5.74, 6) is 0.490. The highest BCUT2D eigenvalue weighted by Crippen LogP contribution is 1.97. The molecule has 0 saturated heterocycles. The lowest BCUT2D eigenvalue weighted by Gasteiger charge is -2.20. The molecule has 16 heavy (non-hydrogen) atoms. The van der Waals surface area contributed by atoms with E-state index < -0.39 is 0 Å². The van der Waals surface area contributed by atoms with Gasteiger partial charge in [-0.2, -0.15) is 0 Å². The van der Waals surface area contributed by atoms with Crippen molar-refractivity contribution < 1.29 is 9.47 Å². The molecule has 0 aromatic carbocycles. The van der Waals surface area contributed by atoms with Gasteiger partial charge in [0.2, 0.25) is 0 Å². The fourth-order valence-corrected chi connectivity index (χ4v) is 1.03. The third-order valence-corrected chi connectivity index (χ3v) is 1.66. The second kappa shape index (κ2) is 8.35. The Kier molecular flexibility index (Phi) is 7.93. The Labute approximate surface area is 98.4 Å². The Morgan fingerprint density at radius 3 is 2.50 bits per heavy atom.